The molecule has 0 atom stereocenters. The first kappa shape index (κ1) is 16.6. The maximum absolute atomic E-state index is 12.3. The van der Waals surface area contributed by atoms with E-state index in [4.69, 9.17) is 0 Å². The van der Waals surface area contributed by atoms with Gasteiger partial charge in [-0.05, 0) is 29.8 Å². The van der Waals surface area contributed by atoms with Crippen molar-refractivity contribution in [2.45, 2.75) is 6.54 Å². The topological polar surface area (TPSA) is 79.4 Å². The number of sulfone groups is 1. The number of hydrogen-bond donors (Lipinski definition) is 1. The van der Waals surface area contributed by atoms with Crippen LogP contribution in [0.25, 0.3) is 0 Å². The standard InChI is InChI=1S/C17H19N3O3S/c21-17(19-16-4-6-18-7-5-16)15-3-1-2-14(12-15)13-20-8-10-24(22,23)11-9-20/h1-7,12H,8-11,13H2,(H,18,19,21). The molecular weight excluding hydrogens is 326 g/mol. The Bertz CT molecular complexity index is 808. The number of benzene rings is 1. The Hall–Kier alpha value is -2.25. The molecule has 1 aromatic carbocycles. The highest BCUT2D eigenvalue weighted by Gasteiger charge is 2.21. The highest BCUT2D eigenvalue weighted by molar-refractivity contribution is 7.91. The first-order chi connectivity index (χ1) is 11.5. The molecule has 0 spiro atoms. The van der Waals surface area contributed by atoms with Crippen LogP contribution >= 0.6 is 0 Å². The van der Waals surface area contributed by atoms with E-state index in [1.54, 1.807) is 30.6 Å². The van der Waals surface area contributed by atoms with E-state index in [-0.39, 0.29) is 17.4 Å². The number of amides is 1. The van der Waals surface area contributed by atoms with Crippen molar-refractivity contribution in [3.05, 3.63) is 59.9 Å². The quantitative estimate of drug-likeness (QED) is 0.910. The Morgan fingerprint density at radius 1 is 1.12 bits per heavy atom. The molecule has 0 saturated carbocycles. The summed E-state index contributed by atoms with van der Waals surface area (Å²) in [5.41, 5.74) is 2.27. The fraction of sp³-hybridized carbons (Fsp3) is 0.294. The Labute approximate surface area is 141 Å². The molecule has 0 bridgehead atoms. The van der Waals surface area contributed by atoms with Crippen molar-refractivity contribution in [2.75, 3.05) is 29.9 Å². The molecule has 1 aliphatic rings. The lowest BCUT2D eigenvalue weighted by atomic mass is 10.1. The zero-order chi connectivity index (χ0) is 17.0. The van der Waals surface area contributed by atoms with Gasteiger partial charge in [0.05, 0.1) is 11.5 Å². The van der Waals surface area contributed by atoms with Crippen LogP contribution < -0.4 is 5.32 Å². The molecule has 24 heavy (non-hydrogen) atoms. The van der Waals surface area contributed by atoms with E-state index in [2.05, 4.69) is 15.2 Å². The normalized spacial score (nSPS) is 17.3. The number of anilines is 1. The number of aromatic nitrogens is 1. The minimum atomic E-state index is -2.88. The minimum Gasteiger partial charge on any atom is -0.322 e. The summed E-state index contributed by atoms with van der Waals surface area (Å²) >= 11 is 0. The number of hydrogen-bond acceptors (Lipinski definition) is 5. The third-order valence-electron chi connectivity index (χ3n) is 3.97. The van der Waals surface area contributed by atoms with Gasteiger partial charge >= 0.3 is 0 Å². The van der Waals surface area contributed by atoms with Gasteiger partial charge in [-0.1, -0.05) is 12.1 Å². The summed E-state index contributed by atoms with van der Waals surface area (Å²) < 4.78 is 23.0. The summed E-state index contributed by atoms with van der Waals surface area (Å²) in [5.74, 6) is 0.231. The highest BCUT2D eigenvalue weighted by Crippen LogP contribution is 2.13. The van der Waals surface area contributed by atoms with Gasteiger partial charge in [0.15, 0.2) is 9.84 Å². The van der Waals surface area contributed by atoms with Crippen LogP contribution in [0.3, 0.4) is 0 Å². The van der Waals surface area contributed by atoms with Crippen LogP contribution in [0.15, 0.2) is 48.8 Å². The summed E-state index contributed by atoms with van der Waals surface area (Å²) in [6.45, 7) is 1.72. The summed E-state index contributed by atoms with van der Waals surface area (Å²) in [5, 5.41) is 2.83. The molecular formula is C17H19N3O3S. The molecule has 6 nitrogen and oxygen atoms in total. The van der Waals surface area contributed by atoms with Crippen molar-refractivity contribution in [2.24, 2.45) is 0 Å². The van der Waals surface area contributed by atoms with E-state index < -0.39 is 9.84 Å². The molecule has 3 rings (SSSR count). The van der Waals surface area contributed by atoms with Crippen LogP contribution in [0.5, 0.6) is 0 Å². The van der Waals surface area contributed by atoms with Crippen molar-refractivity contribution in [3.8, 4) is 0 Å². The van der Waals surface area contributed by atoms with Crippen LogP contribution in [0.4, 0.5) is 5.69 Å². The second-order valence-electron chi connectivity index (χ2n) is 5.82. The van der Waals surface area contributed by atoms with Gasteiger partial charge in [-0.2, -0.15) is 0 Å². The summed E-state index contributed by atoms with van der Waals surface area (Å²) in [6, 6.07) is 10.9. The average Bonchev–Trinajstić information content (AvgIpc) is 2.58. The van der Waals surface area contributed by atoms with E-state index in [0.29, 0.717) is 30.9 Å². The smallest absolute Gasteiger partial charge is 0.255 e. The number of rotatable bonds is 4. The Morgan fingerprint density at radius 2 is 1.83 bits per heavy atom. The Balaban J connectivity index is 1.65. The first-order valence-corrected chi connectivity index (χ1v) is 9.57. The molecule has 0 radical (unpaired) electrons. The molecule has 1 aliphatic heterocycles. The molecule has 1 amide bonds. The summed E-state index contributed by atoms with van der Waals surface area (Å²) in [7, 11) is -2.88. The van der Waals surface area contributed by atoms with Gasteiger partial charge in [-0.15, -0.1) is 0 Å². The van der Waals surface area contributed by atoms with Gasteiger partial charge in [-0.3, -0.25) is 14.7 Å². The summed E-state index contributed by atoms with van der Waals surface area (Å²) in [4.78, 5) is 18.3. The molecule has 7 heteroatoms. The van der Waals surface area contributed by atoms with E-state index in [1.807, 2.05) is 18.2 Å². The molecule has 1 N–H and O–H groups in total. The molecule has 1 fully saturated rings. The lowest BCUT2D eigenvalue weighted by molar-refractivity contribution is 0.102. The monoisotopic (exact) mass is 345 g/mol. The van der Waals surface area contributed by atoms with E-state index in [1.165, 1.54) is 0 Å². The van der Waals surface area contributed by atoms with E-state index in [0.717, 1.165) is 5.56 Å². The predicted molar refractivity (Wildman–Crippen MR) is 92.6 cm³/mol. The molecule has 2 aromatic rings. The van der Waals surface area contributed by atoms with Gasteiger partial charge in [-0.25, -0.2) is 8.42 Å². The van der Waals surface area contributed by atoms with E-state index in [9.17, 15) is 13.2 Å². The molecule has 2 heterocycles. The maximum atomic E-state index is 12.3. The lowest BCUT2D eigenvalue weighted by Crippen LogP contribution is -2.39. The van der Waals surface area contributed by atoms with Crippen molar-refractivity contribution in [1.29, 1.82) is 0 Å². The maximum Gasteiger partial charge on any atom is 0.255 e. The van der Waals surface area contributed by atoms with Crippen molar-refractivity contribution in [1.82, 2.24) is 9.88 Å². The fourth-order valence-corrected chi connectivity index (χ4v) is 3.89. The SMILES string of the molecule is O=C(Nc1ccncc1)c1cccc(CN2CCS(=O)(=O)CC2)c1. The zero-order valence-electron chi connectivity index (χ0n) is 13.2. The van der Waals surface area contributed by atoms with Gasteiger partial charge in [0.1, 0.15) is 0 Å². The third kappa shape index (κ3) is 4.39. The molecule has 1 aromatic heterocycles. The molecule has 0 aliphatic carbocycles. The Morgan fingerprint density at radius 3 is 2.54 bits per heavy atom. The van der Waals surface area contributed by atoms with E-state index >= 15 is 0 Å². The molecule has 126 valence electrons. The molecule has 0 unspecified atom stereocenters. The van der Waals surface area contributed by atoms with Crippen molar-refractivity contribution in [3.63, 3.8) is 0 Å². The number of nitrogens with zero attached hydrogens (tertiary/aromatic N) is 2. The largest absolute Gasteiger partial charge is 0.322 e. The van der Waals surface area contributed by atoms with Crippen molar-refractivity contribution < 1.29 is 13.2 Å². The number of pyridine rings is 1. The number of carbonyl (C=O) groups is 1. The Kier molecular flexibility index (Phi) is 4.92. The van der Waals surface area contributed by atoms with Crippen LogP contribution in [0.2, 0.25) is 0 Å². The van der Waals surface area contributed by atoms with Gasteiger partial charge < -0.3 is 5.32 Å². The zero-order valence-corrected chi connectivity index (χ0v) is 14.0. The van der Waals surface area contributed by atoms with Gasteiger partial charge in [0.25, 0.3) is 5.91 Å². The van der Waals surface area contributed by atoms with Crippen LogP contribution in [-0.2, 0) is 16.4 Å². The lowest BCUT2D eigenvalue weighted by Gasteiger charge is -2.26. The van der Waals surface area contributed by atoms with Crippen LogP contribution in [0, 0.1) is 0 Å². The van der Waals surface area contributed by atoms with Gasteiger partial charge in [0, 0.05) is 43.3 Å². The van der Waals surface area contributed by atoms with Crippen LogP contribution in [-0.4, -0.2) is 48.8 Å². The fourth-order valence-electron chi connectivity index (χ4n) is 2.62. The van der Waals surface area contributed by atoms with Crippen LogP contribution in [0.1, 0.15) is 15.9 Å². The number of nitrogens with one attached hydrogen (secondary N) is 1. The molecule has 1 saturated heterocycles. The first-order valence-electron chi connectivity index (χ1n) is 7.75. The van der Waals surface area contributed by atoms with Gasteiger partial charge in [0.2, 0.25) is 0 Å². The number of carbonyl (C=O) groups excluding carboxylic acids is 1. The second-order valence-corrected chi connectivity index (χ2v) is 8.12. The predicted octanol–water partition coefficient (Wildman–Crippen LogP) is 1.56. The van der Waals surface area contributed by atoms with Crippen molar-refractivity contribution >= 4 is 21.4 Å². The average molecular weight is 345 g/mol. The second kappa shape index (κ2) is 7.11. The summed E-state index contributed by atoms with van der Waals surface area (Å²) in [6.07, 6.45) is 3.24. The third-order valence-corrected chi connectivity index (χ3v) is 5.58. The highest BCUT2D eigenvalue weighted by atomic mass is 32.2. The minimum absolute atomic E-state index is 0.177.